The summed E-state index contributed by atoms with van der Waals surface area (Å²) in [6.45, 7) is 6.32. The van der Waals surface area contributed by atoms with Gasteiger partial charge >= 0.3 is 0 Å². The summed E-state index contributed by atoms with van der Waals surface area (Å²) in [5.41, 5.74) is 4.65. The number of amides is 1. The number of nitrogens with zero attached hydrogens (tertiary/aromatic N) is 3. The van der Waals surface area contributed by atoms with Crippen LogP contribution in [0.15, 0.2) is 36.4 Å². The number of likely N-dealkylation sites (N-methyl/N-ethyl adjacent to an activating group) is 1. The number of carbonyl (C=O) groups is 1. The van der Waals surface area contributed by atoms with E-state index in [2.05, 4.69) is 35.5 Å². The van der Waals surface area contributed by atoms with Gasteiger partial charge in [-0.2, -0.15) is 0 Å². The second kappa shape index (κ2) is 6.97. The first-order valence-electron chi connectivity index (χ1n) is 9.44. The average molecular weight is 380 g/mol. The van der Waals surface area contributed by atoms with Gasteiger partial charge < -0.3 is 9.47 Å². The summed E-state index contributed by atoms with van der Waals surface area (Å²) in [5, 5.41) is 0.965. The predicted molar refractivity (Wildman–Crippen MR) is 112 cm³/mol. The third kappa shape index (κ3) is 3.44. The fourth-order valence-electron chi connectivity index (χ4n) is 3.57. The Labute approximate surface area is 164 Å². The fraction of sp³-hybridized carbons (Fsp3) is 0.364. The molecule has 1 amide bonds. The van der Waals surface area contributed by atoms with Gasteiger partial charge in [0.25, 0.3) is 0 Å². The number of rotatable bonds is 5. The van der Waals surface area contributed by atoms with Crippen LogP contribution in [-0.2, 0) is 4.79 Å². The summed E-state index contributed by atoms with van der Waals surface area (Å²) in [7, 11) is 1.84. The Morgan fingerprint density at radius 3 is 2.78 bits per heavy atom. The number of aryl methyl sites for hydroxylation is 1. The normalized spacial score (nSPS) is 15.6. The smallest absolute Gasteiger partial charge is 0.246 e. The summed E-state index contributed by atoms with van der Waals surface area (Å²) >= 11 is 1.65. The van der Waals surface area contributed by atoms with Gasteiger partial charge in [-0.25, -0.2) is 4.98 Å². The highest BCUT2D eigenvalue weighted by Gasteiger charge is 2.26. The molecule has 4 rings (SSSR count). The minimum absolute atomic E-state index is 0.00187. The van der Waals surface area contributed by atoms with E-state index in [0.717, 1.165) is 20.8 Å². The van der Waals surface area contributed by atoms with Crippen LogP contribution in [0.1, 0.15) is 53.8 Å². The number of carbonyl (C=O) groups excluding carboxylic acids is 1. The van der Waals surface area contributed by atoms with Crippen molar-refractivity contribution in [2.24, 2.45) is 0 Å². The van der Waals surface area contributed by atoms with E-state index >= 15 is 0 Å². The molecule has 1 aliphatic carbocycles. The highest BCUT2D eigenvalue weighted by Crippen LogP contribution is 2.38. The summed E-state index contributed by atoms with van der Waals surface area (Å²) in [6.07, 6.45) is 6.16. The number of hydrogen-bond donors (Lipinski definition) is 0. The SMILES string of the molecule is Cc1cc(/C=C/C(=O)N(C)[C@@H](C)c2nc3ccccc3s2)c(C)n1C1CC1. The Bertz CT molecular complexity index is 993. The minimum Gasteiger partial charge on any atom is -0.346 e. The Kier molecular flexibility index (Phi) is 4.64. The number of aromatic nitrogens is 2. The number of fused-ring (bicyclic) bond motifs is 1. The van der Waals surface area contributed by atoms with Crippen LogP contribution >= 0.6 is 11.3 Å². The lowest BCUT2D eigenvalue weighted by molar-refractivity contribution is -0.126. The third-order valence-corrected chi connectivity index (χ3v) is 6.64. The first-order valence-corrected chi connectivity index (χ1v) is 10.3. The molecule has 4 nitrogen and oxygen atoms in total. The van der Waals surface area contributed by atoms with Crippen LogP contribution in [0.2, 0.25) is 0 Å². The largest absolute Gasteiger partial charge is 0.346 e. The lowest BCUT2D eigenvalue weighted by Gasteiger charge is -2.21. The van der Waals surface area contributed by atoms with Crippen molar-refractivity contribution in [3.63, 3.8) is 0 Å². The molecule has 0 radical (unpaired) electrons. The average Bonchev–Trinajstić information content (AvgIpc) is 3.32. The van der Waals surface area contributed by atoms with Crippen molar-refractivity contribution in [2.45, 2.75) is 45.7 Å². The molecule has 2 heterocycles. The van der Waals surface area contributed by atoms with E-state index in [1.54, 1.807) is 22.3 Å². The molecule has 1 aromatic carbocycles. The first kappa shape index (κ1) is 18.0. The van der Waals surface area contributed by atoms with Crippen LogP contribution in [0.25, 0.3) is 16.3 Å². The number of para-hydroxylation sites is 1. The molecule has 1 fully saturated rings. The van der Waals surface area contributed by atoms with Crippen LogP contribution in [0.5, 0.6) is 0 Å². The zero-order chi connectivity index (χ0) is 19.1. The van der Waals surface area contributed by atoms with E-state index in [1.165, 1.54) is 24.2 Å². The predicted octanol–water partition coefficient (Wildman–Crippen LogP) is 5.28. The maximum absolute atomic E-state index is 12.7. The second-order valence-corrected chi connectivity index (χ2v) is 8.47. The van der Waals surface area contributed by atoms with Gasteiger partial charge in [-0.15, -0.1) is 11.3 Å². The number of thiazole rings is 1. The van der Waals surface area contributed by atoms with Crippen molar-refractivity contribution in [1.82, 2.24) is 14.5 Å². The summed E-state index contributed by atoms with van der Waals surface area (Å²) in [6, 6.07) is 10.9. The standard InChI is InChI=1S/C22H25N3OS/c1-14-13-17(15(2)25(14)18-10-11-18)9-12-21(26)24(4)16(3)22-23-19-7-5-6-8-20(19)27-22/h5-9,12-13,16,18H,10-11H2,1-4H3/b12-9+/t16-/m0/s1. The van der Waals surface area contributed by atoms with Gasteiger partial charge in [-0.1, -0.05) is 12.1 Å². The molecule has 1 saturated carbocycles. The van der Waals surface area contributed by atoms with Gasteiger partial charge in [0, 0.05) is 30.6 Å². The third-order valence-electron chi connectivity index (χ3n) is 5.44. The Morgan fingerprint density at radius 1 is 1.33 bits per heavy atom. The Hall–Kier alpha value is -2.40. The van der Waals surface area contributed by atoms with Crippen LogP contribution in [0, 0.1) is 13.8 Å². The van der Waals surface area contributed by atoms with Gasteiger partial charge in [0.15, 0.2) is 0 Å². The van der Waals surface area contributed by atoms with Crippen LogP contribution in [-0.4, -0.2) is 27.4 Å². The van der Waals surface area contributed by atoms with E-state index in [-0.39, 0.29) is 11.9 Å². The minimum atomic E-state index is -0.0570. The van der Waals surface area contributed by atoms with E-state index < -0.39 is 0 Å². The van der Waals surface area contributed by atoms with Crippen molar-refractivity contribution in [3.8, 4) is 0 Å². The maximum atomic E-state index is 12.7. The van der Waals surface area contributed by atoms with Gasteiger partial charge in [0.1, 0.15) is 5.01 Å². The molecule has 0 unspecified atom stereocenters. The van der Waals surface area contributed by atoms with Crippen molar-refractivity contribution >= 4 is 33.5 Å². The number of hydrogen-bond acceptors (Lipinski definition) is 3. The van der Waals surface area contributed by atoms with Crippen LogP contribution in [0.3, 0.4) is 0 Å². The van der Waals surface area contributed by atoms with Crippen molar-refractivity contribution in [3.05, 3.63) is 58.4 Å². The monoisotopic (exact) mass is 379 g/mol. The molecular formula is C22H25N3OS. The maximum Gasteiger partial charge on any atom is 0.246 e. The van der Waals surface area contributed by atoms with Crippen molar-refractivity contribution in [1.29, 1.82) is 0 Å². The van der Waals surface area contributed by atoms with Gasteiger partial charge in [0.2, 0.25) is 5.91 Å². The van der Waals surface area contributed by atoms with Gasteiger partial charge in [-0.3, -0.25) is 4.79 Å². The lowest BCUT2D eigenvalue weighted by atomic mass is 10.2. The molecule has 5 heteroatoms. The van der Waals surface area contributed by atoms with Crippen LogP contribution < -0.4 is 0 Å². The number of benzene rings is 1. The quantitative estimate of drug-likeness (QED) is 0.566. The second-order valence-electron chi connectivity index (χ2n) is 7.41. The molecule has 1 atom stereocenters. The van der Waals surface area contributed by atoms with E-state index in [9.17, 15) is 4.79 Å². The molecule has 0 N–H and O–H groups in total. The summed E-state index contributed by atoms with van der Waals surface area (Å²) in [5.74, 6) is -0.00187. The van der Waals surface area contributed by atoms with Gasteiger partial charge in [0.05, 0.1) is 16.3 Å². The van der Waals surface area contributed by atoms with E-state index in [0.29, 0.717) is 6.04 Å². The molecule has 1 aliphatic rings. The Morgan fingerprint density at radius 2 is 2.07 bits per heavy atom. The molecular weight excluding hydrogens is 354 g/mol. The molecule has 2 aromatic heterocycles. The molecule has 27 heavy (non-hydrogen) atoms. The summed E-state index contributed by atoms with van der Waals surface area (Å²) < 4.78 is 3.56. The molecule has 0 saturated heterocycles. The van der Waals surface area contributed by atoms with E-state index in [4.69, 9.17) is 0 Å². The topological polar surface area (TPSA) is 38.1 Å². The highest BCUT2D eigenvalue weighted by atomic mass is 32.1. The molecule has 0 aliphatic heterocycles. The van der Waals surface area contributed by atoms with Crippen molar-refractivity contribution < 1.29 is 4.79 Å². The summed E-state index contributed by atoms with van der Waals surface area (Å²) in [4.78, 5) is 19.1. The molecule has 3 aromatic rings. The molecule has 0 spiro atoms. The van der Waals surface area contributed by atoms with Gasteiger partial charge in [-0.05, 0) is 63.5 Å². The fourth-order valence-corrected chi connectivity index (χ4v) is 4.63. The molecule has 140 valence electrons. The zero-order valence-electron chi connectivity index (χ0n) is 16.3. The highest BCUT2D eigenvalue weighted by molar-refractivity contribution is 7.18. The lowest BCUT2D eigenvalue weighted by Crippen LogP contribution is -2.27. The Balaban J connectivity index is 1.50. The van der Waals surface area contributed by atoms with Crippen molar-refractivity contribution in [2.75, 3.05) is 7.05 Å². The van der Waals surface area contributed by atoms with E-state index in [1.807, 2.05) is 38.2 Å². The molecule has 0 bridgehead atoms. The first-order chi connectivity index (χ1) is 13.0. The zero-order valence-corrected chi connectivity index (χ0v) is 17.1. The van der Waals surface area contributed by atoms with Crippen LogP contribution in [0.4, 0.5) is 0 Å².